The molecule has 0 fully saturated rings. The molecule has 0 aromatic rings. The van der Waals surface area contributed by atoms with Gasteiger partial charge in [-0.25, -0.2) is 9.59 Å². The van der Waals surface area contributed by atoms with Gasteiger partial charge in [0.1, 0.15) is 11.6 Å². The summed E-state index contributed by atoms with van der Waals surface area (Å²) in [7, 11) is 0. The van der Waals surface area contributed by atoms with E-state index >= 15 is 0 Å². The van der Waals surface area contributed by atoms with Crippen LogP contribution in [0.2, 0.25) is 0 Å². The number of carboxylic acids is 1. The van der Waals surface area contributed by atoms with E-state index in [9.17, 15) is 14.7 Å². The van der Waals surface area contributed by atoms with Crippen LogP contribution in [0.4, 0.5) is 4.79 Å². The standard InChI is InChI=1S/C14H27NO5S/c1-9(2)14(6,19)8-21-7-10(11(16)17)15-12(18)20-13(3,4)5/h9-10,19H,7-8H2,1-6H3,(H,15,18)(H,16,17). The van der Waals surface area contributed by atoms with Crippen molar-refractivity contribution in [1.82, 2.24) is 5.32 Å². The number of alkyl carbamates (subject to hydrolysis) is 1. The largest absolute Gasteiger partial charge is 0.480 e. The molecular weight excluding hydrogens is 294 g/mol. The summed E-state index contributed by atoms with van der Waals surface area (Å²) in [6.07, 6.45) is -0.758. The number of carbonyl (C=O) groups is 2. The topological polar surface area (TPSA) is 95.9 Å². The van der Waals surface area contributed by atoms with E-state index in [1.54, 1.807) is 27.7 Å². The Hall–Kier alpha value is -0.950. The summed E-state index contributed by atoms with van der Waals surface area (Å²) in [5.74, 6) is -0.508. The van der Waals surface area contributed by atoms with Crippen LogP contribution in [-0.2, 0) is 9.53 Å². The number of ether oxygens (including phenoxy) is 1. The molecular formula is C14H27NO5S. The Bertz CT molecular complexity index is 363. The second-order valence-corrected chi connectivity index (χ2v) is 7.59. The molecule has 0 rings (SSSR count). The third-order valence-corrected chi connectivity index (χ3v) is 4.27. The molecule has 6 nitrogen and oxygen atoms in total. The molecule has 0 radical (unpaired) electrons. The zero-order valence-corrected chi connectivity index (χ0v) is 14.4. The monoisotopic (exact) mass is 321 g/mol. The fourth-order valence-corrected chi connectivity index (χ4v) is 2.50. The van der Waals surface area contributed by atoms with Crippen LogP contribution in [0.25, 0.3) is 0 Å². The quantitative estimate of drug-likeness (QED) is 0.664. The molecule has 2 atom stereocenters. The van der Waals surface area contributed by atoms with Crippen molar-refractivity contribution in [2.75, 3.05) is 11.5 Å². The molecule has 7 heteroatoms. The van der Waals surface area contributed by atoms with Gasteiger partial charge in [-0.2, -0.15) is 11.8 Å². The van der Waals surface area contributed by atoms with Gasteiger partial charge in [0.2, 0.25) is 0 Å². The minimum atomic E-state index is -1.13. The van der Waals surface area contributed by atoms with E-state index in [1.165, 1.54) is 11.8 Å². The van der Waals surface area contributed by atoms with Crippen molar-refractivity contribution in [3.05, 3.63) is 0 Å². The van der Waals surface area contributed by atoms with E-state index in [0.717, 1.165) is 0 Å². The number of amides is 1. The third kappa shape index (κ3) is 8.83. The average Bonchev–Trinajstić information content (AvgIpc) is 2.24. The predicted molar refractivity (Wildman–Crippen MR) is 83.6 cm³/mol. The van der Waals surface area contributed by atoms with E-state index < -0.39 is 29.3 Å². The Kier molecular flexibility index (Phi) is 7.53. The molecule has 0 saturated heterocycles. The van der Waals surface area contributed by atoms with E-state index in [2.05, 4.69) is 5.32 Å². The van der Waals surface area contributed by atoms with Gasteiger partial charge in [0.25, 0.3) is 0 Å². The van der Waals surface area contributed by atoms with E-state index in [0.29, 0.717) is 5.75 Å². The molecule has 21 heavy (non-hydrogen) atoms. The van der Waals surface area contributed by atoms with Crippen LogP contribution in [0.5, 0.6) is 0 Å². The van der Waals surface area contributed by atoms with Gasteiger partial charge in [0.05, 0.1) is 5.60 Å². The first kappa shape index (κ1) is 20.1. The molecule has 0 bridgehead atoms. The summed E-state index contributed by atoms with van der Waals surface area (Å²) >= 11 is 1.28. The molecule has 1 amide bonds. The molecule has 0 saturated carbocycles. The number of aliphatic carboxylic acids is 1. The molecule has 0 aromatic carbocycles. The van der Waals surface area contributed by atoms with Crippen molar-refractivity contribution in [2.24, 2.45) is 5.92 Å². The van der Waals surface area contributed by atoms with Gasteiger partial charge in [-0.15, -0.1) is 0 Å². The van der Waals surface area contributed by atoms with Crippen LogP contribution < -0.4 is 5.32 Å². The molecule has 0 aliphatic carbocycles. The van der Waals surface area contributed by atoms with Crippen molar-refractivity contribution in [3.8, 4) is 0 Å². The van der Waals surface area contributed by atoms with Gasteiger partial charge < -0.3 is 20.3 Å². The highest BCUT2D eigenvalue weighted by Crippen LogP contribution is 2.22. The Morgan fingerprint density at radius 2 is 1.76 bits per heavy atom. The van der Waals surface area contributed by atoms with Crippen LogP contribution in [0.3, 0.4) is 0 Å². The van der Waals surface area contributed by atoms with Gasteiger partial charge in [-0.3, -0.25) is 0 Å². The number of carbonyl (C=O) groups excluding carboxylic acids is 1. The fourth-order valence-electron chi connectivity index (χ4n) is 1.17. The van der Waals surface area contributed by atoms with Gasteiger partial charge in [-0.05, 0) is 33.6 Å². The average molecular weight is 321 g/mol. The summed E-state index contributed by atoms with van der Waals surface area (Å²) in [6.45, 7) is 10.6. The van der Waals surface area contributed by atoms with Crippen LogP contribution in [0, 0.1) is 5.92 Å². The zero-order valence-electron chi connectivity index (χ0n) is 13.6. The van der Waals surface area contributed by atoms with Crippen LogP contribution in [-0.4, -0.2) is 51.0 Å². The lowest BCUT2D eigenvalue weighted by Crippen LogP contribution is -2.45. The Morgan fingerprint density at radius 3 is 2.14 bits per heavy atom. The van der Waals surface area contributed by atoms with Crippen molar-refractivity contribution in [2.45, 2.75) is 58.8 Å². The molecule has 0 heterocycles. The first-order valence-electron chi connectivity index (χ1n) is 6.87. The maximum absolute atomic E-state index is 11.6. The van der Waals surface area contributed by atoms with E-state index in [1.807, 2.05) is 13.8 Å². The Balaban J connectivity index is 4.40. The number of hydrogen-bond donors (Lipinski definition) is 3. The molecule has 0 spiro atoms. The number of hydrogen-bond acceptors (Lipinski definition) is 5. The molecule has 0 aliphatic heterocycles. The van der Waals surface area contributed by atoms with E-state index in [4.69, 9.17) is 9.84 Å². The summed E-state index contributed by atoms with van der Waals surface area (Å²) in [5, 5.41) is 21.5. The predicted octanol–water partition coefficient (Wildman–Crippen LogP) is 2.10. The van der Waals surface area contributed by atoms with Gasteiger partial charge >= 0.3 is 12.1 Å². The highest BCUT2D eigenvalue weighted by Gasteiger charge is 2.28. The maximum Gasteiger partial charge on any atom is 0.408 e. The Labute approximate surface area is 130 Å². The SMILES string of the molecule is CC(C)C(C)(O)CSCC(NC(=O)OC(C)(C)C)C(=O)O. The number of carboxylic acid groups (broad SMARTS) is 1. The summed E-state index contributed by atoms with van der Waals surface area (Å²) in [4.78, 5) is 22.7. The molecule has 2 unspecified atom stereocenters. The Morgan fingerprint density at radius 1 is 1.24 bits per heavy atom. The summed E-state index contributed by atoms with van der Waals surface area (Å²) in [5.41, 5.74) is -1.55. The van der Waals surface area contributed by atoms with Crippen LogP contribution >= 0.6 is 11.8 Å². The van der Waals surface area contributed by atoms with Crippen molar-refractivity contribution < 1.29 is 24.5 Å². The molecule has 0 aromatic heterocycles. The second kappa shape index (κ2) is 7.89. The molecule has 3 N–H and O–H groups in total. The van der Waals surface area contributed by atoms with E-state index in [-0.39, 0.29) is 11.7 Å². The van der Waals surface area contributed by atoms with Crippen molar-refractivity contribution in [3.63, 3.8) is 0 Å². The van der Waals surface area contributed by atoms with Gasteiger partial charge in [0.15, 0.2) is 0 Å². The highest BCUT2D eigenvalue weighted by molar-refractivity contribution is 7.99. The summed E-state index contributed by atoms with van der Waals surface area (Å²) in [6, 6.07) is -1.05. The lowest BCUT2D eigenvalue weighted by Gasteiger charge is -2.28. The second-order valence-electron chi connectivity index (χ2n) is 6.56. The lowest BCUT2D eigenvalue weighted by molar-refractivity contribution is -0.138. The van der Waals surface area contributed by atoms with Gasteiger partial charge in [-0.1, -0.05) is 13.8 Å². The maximum atomic E-state index is 11.6. The third-order valence-electron chi connectivity index (χ3n) is 2.91. The number of thioether (sulfide) groups is 1. The number of aliphatic hydroxyl groups is 1. The highest BCUT2D eigenvalue weighted by atomic mass is 32.2. The summed E-state index contributed by atoms with van der Waals surface area (Å²) < 4.78 is 5.03. The molecule has 0 aliphatic rings. The molecule has 124 valence electrons. The van der Waals surface area contributed by atoms with Crippen molar-refractivity contribution in [1.29, 1.82) is 0 Å². The van der Waals surface area contributed by atoms with Gasteiger partial charge in [0, 0.05) is 11.5 Å². The number of nitrogens with one attached hydrogen (secondary N) is 1. The smallest absolute Gasteiger partial charge is 0.408 e. The lowest BCUT2D eigenvalue weighted by atomic mass is 9.95. The van der Waals surface area contributed by atoms with Crippen LogP contribution in [0.15, 0.2) is 0 Å². The minimum absolute atomic E-state index is 0.0621. The zero-order chi connectivity index (χ0) is 16.8. The minimum Gasteiger partial charge on any atom is -0.480 e. The first-order valence-corrected chi connectivity index (χ1v) is 8.03. The number of rotatable bonds is 7. The van der Waals surface area contributed by atoms with Crippen molar-refractivity contribution >= 4 is 23.8 Å². The normalized spacial score (nSPS) is 16.2. The first-order chi connectivity index (χ1) is 9.35. The fraction of sp³-hybridized carbons (Fsp3) is 0.857. The van der Waals surface area contributed by atoms with Crippen LogP contribution in [0.1, 0.15) is 41.5 Å².